The van der Waals surface area contributed by atoms with Crippen LogP contribution in [0.15, 0.2) is 78.2 Å². The van der Waals surface area contributed by atoms with Crippen LogP contribution in [-0.2, 0) is 11.2 Å². The number of amides is 1. The van der Waals surface area contributed by atoms with Gasteiger partial charge >= 0.3 is 0 Å². The fraction of sp³-hybridized carbons (Fsp3) is 0.320. The number of nitrogens with zero attached hydrogens (tertiary/aromatic N) is 2. The maximum Gasteiger partial charge on any atom is 0.222 e. The third-order valence-electron chi connectivity index (χ3n) is 5.66. The van der Waals surface area contributed by atoms with Crippen LogP contribution in [0, 0.1) is 0 Å². The van der Waals surface area contributed by atoms with Crippen molar-refractivity contribution in [2.45, 2.75) is 25.3 Å². The molecule has 1 aliphatic rings. The summed E-state index contributed by atoms with van der Waals surface area (Å²) in [6.45, 7) is 3.44. The Morgan fingerprint density at radius 1 is 0.828 bits per heavy atom. The number of aryl methyl sites for hydroxylation is 1. The molecule has 1 amide bonds. The van der Waals surface area contributed by atoms with Gasteiger partial charge in [-0.2, -0.15) is 0 Å². The molecule has 0 bridgehead atoms. The fourth-order valence-corrected chi connectivity index (χ4v) is 4.89. The minimum absolute atomic E-state index is 0.244. The van der Waals surface area contributed by atoms with E-state index < -0.39 is 0 Å². The first-order valence-corrected chi connectivity index (χ1v) is 11.3. The topological polar surface area (TPSA) is 23.6 Å². The van der Waals surface area contributed by atoms with Crippen molar-refractivity contribution < 1.29 is 4.79 Å². The van der Waals surface area contributed by atoms with Gasteiger partial charge < -0.3 is 4.90 Å². The molecule has 3 aromatic rings. The van der Waals surface area contributed by atoms with Crippen LogP contribution in [0.2, 0.25) is 0 Å². The monoisotopic (exact) mass is 404 g/mol. The van der Waals surface area contributed by atoms with Crippen molar-refractivity contribution in [3.8, 4) is 0 Å². The van der Waals surface area contributed by atoms with Crippen molar-refractivity contribution >= 4 is 17.2 Å². The highest BCUT2D eigenvalue weighted by molar-refractivity contribution is 7.09. The quantitative estimate of drug-likeness (QED) is 0.553. The van der Waals surface area contributed by atoms with Gasteiger partial charge in [-0.15, -0.1) is 11.3 Å². The van der Waals surface area contributed by atoms with E-state index in [9.17, 15) is 4.79 Å². The summed E-state index contributed by atoms with van der Waals surface area (Å²) in [7, 11) is 0. The predicted molar refractivity (Wildman–Crippen MR) is 120 cm³/mol. The van der Waals surface area contributed by atoms with Gasteiger partial charge in [-0.25, -0.2) is 0 Å². The first-order chi connectivity index (χ1) is 14.3. The largest absolute Gasteiger partial charge is 0.340 e. The lowest BCUT2D eigenvalue weighted by Gasteiger charge is -2.40. The Kier molecular flexibility index (Phi) is 6.75. The zero-order chi connectivity index (χ0) is 19.9. The Morgan fingerprint density at radius 3 is 2.00 bits per heavy atom. The molecule has 2 aromatic carbocycles. The van der Waals surface area contributed by atoms with Crippen molar-refractivity contribution in [2.24, 2.45) is 0 Å². The number of carbonyl (C=O) groups is 1. The van der Waals surface area contributed by atoms with Crippen LogP contribution < -0.4 is 0 Å². The van der Waals surface area contributed by atoms with Crippen LogP contribution >= 0.6 is 11.3 Å². The van der Waals surface area contributed by atoms with E-state index in [-0.39, 0.29) is 6.04 Å². The Balaban J connectivity index is 1.36. The Hall–Kier alpha value is -2.43. The molecular formula is C25H28N2OS. The van der Waals surface area contributed by atoms with E-state index in [2.05, 4.69) is 88.0 Å². The summed E-state index contributed by atoms with van der Waals surface area (Å²) >= 11 is 1.78. The normalized spacial score (nSPS) is 15.0. The molecule has 0 saturated carbocycles. The second kappa shape index (κ2) is 9.86. The highest BCUT2D eigenvalue weighted by atomic mass is 32.1. The van der Waals surface area contributed by atoms with Crippen molar-refractivity contribution in [2.75, 3.05) is 26.2 Å². The number of hydrogen-bond donors (Lipinski definition) is 0. The average molecular weight is 405 g/mol. The zero-order valence-electron chi connectivity index (χ0n) is 16.7. The molecule has 29 heavy (non-hydrogen) atoms. The van der Waals surface area contributed by atoms with Crippen LogP contribution in [0.4, 0.5) is 0 Å². The van der Waals surface area contributed by atoms with Crippen LogP contribution in [-0.4, -0.2) is 41.9 Å². The van der Waals surface area contributed by atoms with Crippen LogP contribution in [0.5, 0.6) is 0 Å². The van der Waals surface area contributed by atoms with E-state index in [1.165, 1.54) is 16.0 Å². The van der Waals surface area contributed by atoms with Gasteiger partial charge in [-0.1, -0.05) is 66.7 Å². The van der Waals surface area contributed by atoms with Gasteiger partial charge in [0.1, 0.15) is 0 Å². The van der Waals surface area contributed by atoms with Gasteiger partial charge in [0, 0.05) is 37.5 Å². The number of benzene rings is 2. The molecular weight excluding hydrogens is 376 g/mol. The molecule has 3 nitrogen and oxygen atoms in total. The number of thiophene rings is 1. The van der Waals surface area contributed by atoms with E-state index in [0.717, 1.165) is 39.0 Å². The molecule has 1 saturated heterocycles. The maximum atomic E-state index is 12.7. The third kappa shape index (κ3) is 5.14. The molecule has 0 atom stereocenters. The molecule has 4 rings (SSSR count). The Morgan fingerprint density at radius 2 is 1.45 bits per heavy atom. The van der Waals surface area contributed by atoms with Crippen molar-refractivity contribution in [3.05, 3.63) is 94.2 Å². The van der Waals surface area contributed by atoms with Gasteiger partial charge in [0.25, 0.3) is 0 Å². The zero-order valence-corrected chi connectivity index (χ0v) is 17.6. The minimum Gasteiger partial charge on any atom is -0.340 e. The van der Waals surface area contributed by atoms with Gasteiger partial charge in [0.2, 0.25) is 5.91 Å². The van der Waals surface area contributed by atoms with Gasteiger partial charge in [0.15, 0.2) is 0 Å². The highest BCUT2D eigenvalue weighted by Gasteiger charge is 2.27. The molecule has 1 fully saturated rings. The van der Waals surface area contributed by atoms with Crippen molar-refractivity contribution in [3.63, 3.8) is 0 Å². The standard InChI is InChI=1S/C25H28N2OS/c28-24(15-7-13-23-14-8-20-29-23)26-16-18-27(19-17-26)25(21-9-3-1-4-10-21)22-11-5-2-6-12-22/h1-6,8-12,14,20,25H,7,13,15-19H2. The molecule has 150 valence electrons. The average Bonchev–Trinajstić information content (AvgIpc) is 3.29. The second-order valence-electron chi connectivity index (χ2n) is 7.57. The summed E-state index contributed by atoms with van der Waals surface area (Å²) in [5.41, 5.74) is 2.63. The summed E-state index contributed by atoms with van der Waals surface area (Å²) < 4.78 is 0. The Labute approximate surface area is 177 Å². The number of hydrogen-bond acceptors (Lipinski definition) is 3. The predicted octanol–water partition coefficient (Wildman–Crippen LogP) is 5.00. The lowest BCUT2D eigenvalue weighted by Crippen LogP contribution is -2.49. The molecule has 0 unspecified atom stereocenters. The molecule has 0 spiro atoms. The molecule has 4 heteroatoms. The summed E-state index contributed by atoms with van der Waals surface area (Å²) in [5.74, 6) is 0.303. The third-order valence-corrected chi connectivity index (χ3v) is 6.59. The SMILES string of the molecule is O=C(CCCc1cccs1)N1CCN(C(c2ccccc2)c2ccccc2)CC1. The van der Waals surface area contributed by atoms with E-state index >= 15 is 0 Å². The van der Waals surface area contributed by atoms with Gasteiger partial charge in [-0.3, -0.25) is 9.69 Å². The minimum atomic E-state index is 0.244. The van der Waals surface area contributed by atoms with Gasteiger partial charge in [0.05, 0.1) is 6.04 Å². The van der Waals surface area contributed by atoms with E-state index in [1.54, 1.807) is 11.3 Å². The van der Waals surface area contributed by atoms with E-state index in [0.29, 0.717) is 12.3 Å². The maximum absolute atomic E-state index is 12.7. The number of rotatable bonds is 7. The molecule has 2 heterocycles. The molecule has 1 aliphatic heterocycles. The summed E-state index contributed by atoms with van der Waals surface area (Å²) in [6, 6.07) is 25.9. The smallest absolute Gasteiger partial charge is 0.222 e. The van der Waals surface area contributed by atoms with Gasteiger partial charge in [-0.05, 0) is 35.4 Å². The number of piperazine rings is 1. The van der Waals surface area contributed by atoms with Crippen LogP contribution in [0.3, 0.4) is 0 Å². The molecule has 0 radical (unpaired) electrons. The van der Waals surface area contributed by atoms with Crippen LogP contribution in [0.1, 0.15) is 34.9 Å². The molecule has 0 aliphatic carbocycles. The Bertz CT molecular complexity index is 832. The number of carbonyl (C=O) groups excluding carboxylic acids is 1. The highest BCUT2D eigenvalue weighted by Crippen LogP contribution is 2.29. The first-order valence-electron chi connectivity index (χ1n) is 10.5. The summed E-state index contributed by atoms with van der Waals surface area (Å²) in [5, 5.41) is 2.10. The first kappa shape index (κ1) is 19.9. The lowest BCUT2D eigenvalue weighted by atomic mass is 9.96. The van der Waals surface area contributed by atoms with E-state index in [4.69, 9.17) is 0 Å². The summed E-state index contributed by atoms with van der Waals surface area (Å²) in [4.78, 5) is 18.6. The summed E-state index contributed by atoms with van der Waals surface area (Å²) in [6.07, 6.45) is 2.60. The van der Waals surface area contributed by atoms with Crippen LogP contribution in [0.25, 0.3) is 0 Å². The molecule has 1 aromatic heterocycles. The van der Waals surface area contributed by atoms with Crippen molar-refractivity contribution in [1.29, 1.82) is 0 Å². The lowest BCUT2D eigenvalue weighted by molar-refractivity contribution is -0.133. The fourth-order valence-electron chi connectivity index (χ4n) is 4.14. The molecule has 0 N–H and O–H groups in total. The van der Waals surface area contributed by atoms with Crippen molar-refractivity contribution in [1.82, 2.24) is 9.80 Å². The van der Waals surface area contributed by atoms with E-state index in [1.807, 2.05) is 0 Å². The second-order valence-corrected chi connectivity index (χ2v) is 8.61.